The standard InChI is InChI=1S/C24H21N3O6S/c1-14-4-10-21-20(12-14)23(29)17(13-32-21)5-11-22(28)25-18-6-8-19(9-7-18)34(30,31)27-24-15(2)16(3)26-33-24/h4-13,27H,1-3H3,(H,25,28)/b11-5+. The summed E-state index contributed by atoms with van der Waals surface area (Å²) in [6, 6.07) is 10.9. The van der Waals surface area contributed by atoms with Crippen molar-refractivity contribution < 1.29 is 22.2 Å². The molecule has 0 aliphatic rings. The summed E-state index contributed by atoms with van der Waals surface area (Å²) in [6.45, 7) is 5.27. The topological polar surface area (TPSA) is 132 Å². The molecule has 0 atom stereocenters. The zero-order valence-corrected chi connectivity index (χ0v) is 19.4. The van der Waals surface area contributed by atoms with Gasteiger partial charge in [-0.2, -0.15) is 0 Å². The third-order valence-corrected chi connectivity index (χ3v) is 6.53. The smallest absolute Gasteiger partial charge is 0.264 e. The molecule has 174 valence electrons. The van der Waals surface area contributed by atoms with Crippen LogP contribution in [0.15, 0.2) is 73.4 Å². The van der Waals surface area contributed by atoms with Crippen LogP contribution in [0.4, 0.5) is 11.6 Å². The molecule has 4 aromatic rings. The van der Waals surface area contributed by atoms with E-state index in [0.29, 0.717) is 27.9 Å². The Kier molecular flexibility index (Phi) is 6.08. The molecule has 0 aliphatic carbocycles. The Hall–Kier alpha value is -4.18. The molecule has 34 heavy (non-hydrogen) atoms. The van der Waals surface area contributed by atoms with Crippen molar-refractivity contribution in [1.82, 2.24) is 5.16 Å². The Bertz CT molecular complexity index is 1580. The molecule has 2 aromatic heterocycles. The second kappa shape index (κ2) is 8.99. The number of aromatic nitrogens is 1. The summed E-state index contributed by atoms with van der Waals surface area (Å²) in [5.74, 6) is -0.446. The van der Waals surface area contributed by atoms with E-state index in [9.17, 15) is 18.0 Å². The summed E-state index contributed by atoms with van der Waals surface area (Å²) >= 11 is 0. The van der Waals surface area contributed by atoms with Gasteiger partial charge < -0.3 is 14.3 Å². The van der Waals surface area contributed by atoms with E-state index in [1.807, 2.05) is 13.0 Å². The zero-order chi connectivity index (χ0) is 24.5. The van der Waals surface area contributed by atoms with E-state index in [1.165, 1.54) is 42.7 Å². The van der Waals surface area contributed by atoms with Gasteiger partial charge in [0.1, 0.15) is 11.8 Å². The quantitative estimate of drug-likeness (QED) is 0.397. The van der Waals surface area contributed by atoms with Gasteiger partial charge in [-0.25, -0.2) is 13.1 Å². The Morgan fingerprint density at radius 3 is 2.47 bits per heavy atom. The van der Waals surface area contributed by atoms with E-state index in [-0.39, 0.29) is 21.8 Å². The van der Waals surface area contributed by atoms with Gasteiger partial charge in [0.15, 0.2) is 5.43 Å². The molecule has 0 radical (unpaired) electrons. The fraction of sp³-hybridized carbons (Fsp3) is 0.125. The lowest BCUT2D eigenvalue weighted by molar-refractivity contribution is -0.111. The number of amides is 1. The fourth-order valence-corrected chi connectivity index (χ4v) is 4.18. The van der Waals surface area contributed by atoms with Crippen LogP contribution in [0.5, 0.6) is 0 Å². The van der Waals surface area contributed by atoms with Crippen LogP contribution in [0.1, 0.15) is 22.4 Å². The van der Waals surface area contributed by atoms with E-state index in [2.05, 4.69) is 15.2 Å². The first-order valence-corrected chi connectivity index (χ1v) is 11.7. The third kappa shape index (κ3) is 4.76. The first-order chi connectivity index (χ1) is 16.1. The molecule has 0 bridgehead atoms. The number of anilines is 2. The van der Waals surface area contributed by atoms with Crippen LogP contribution in [-0.4, -0.2) is 19.5 Å². The van der Waals surface area contributed by atoms with Crippen molar-refractivity contribution in [2.75, 3.05) is 10.0 Å². The Morgan fingerprint density at radius 1 is 1.06 bits per heavy atom. The van der Waals surface area contributed by atoms with Gasteiger partial charge in [-0.15, -0.1) is 0 Å². The van der Waals surface area contributed by atoms with Gasteiger partial charge >= 0.3 is 0 Å². The van der Waals surface area contributed by atoms with Crippen molar-refractivity contribution in [2.45, 2.75) is 25.7 Å². The summed E-state index contributed by atoms with van der Waals surface area (Å²) in [5.41, 5.74) is 2.93. The second-order valence-corrected chi connectivity index (χ2v) is 9.38. The highest BCUT2D eigenvalue weighted by atomic mass is 32.2. The van der Waals surface area contributed by atoms with Crippen LogP contribution in [0.3, 0.4) is 0 Å². The predicted octanol–water partition coefficient (Wildman–Crippen LogP) is 4.16. The molecule has 0 saturated carbocycles. The highest BCUT2D eigenvalue weighted by Crippen LogP contribution is 2.22. The van der Waals surface area contributed by atoms with Crippen LogP contribution in [0.25, 0.3) is 17.0 Å². The minimum atomic E-state index is -3.90. The third-order valence-electron chi connectivity index (χ3n) is 5.19. The molecule has 0 saturated heterocycles. The van der Waals surface area contributed by atoms with Crippen LogP contribution in [-0.2, 0) is 14.8 Å². The molecule has 1 amide bonds. The van der Waals surface area contributed by atoms with Crippen molar-refractivity contribution in [3.05, 3.63) is 87.4 Å². The number of benzene rings is 2. The van der Waals surface area contributed by atoms with E-state index >= 15 is 0 Å². The Morgan fingerprint density at radius 2 is 1.79 bits per heavy atom. The summed E-state index contributed by atoms with van der Waals surface area (Å²) in [4.78, 5) is 24.9. The number of hydrogen-bond acceptors (Lipinski definition) is 7. The largest absolute Gasteiger partial charge is 0.463 e. The summed E-state index contributed by atoms with van der Waals surface area (Å²) < 4.78 is 37.9. The first kappa shape index (κ1) is 23.0. The number of carbonyl (C=O) groups excluding carboxylic acids is 1. The Labute approximate surface area is 195 Å². The van der Waals surface area contributed by atoms with Crippen molar-refractivity contribution in [3.8, 4) is 0 Å². The lowest BCUT2D eigenvalue weighted by Crippen LogP contribution is -2.13. The molecule has 2 N–H and O–H groups in total. The lowest BCUT2D eigenvalue weighted by Gasteiger charge is -2.07. The monoisotopic (exact) mass is 479 g/mol. The maximum Gasteiger partial charge on any atom is 0.264 e. The van der Waals surface area contributed by atoms with E-state index in [4.69, 9.17) is 8.94 Å². The summed E-state index contributed by atoms with van der Waals surface area (Å²) in [7, 11) is -3.90. The van der Waals surface area contributed by atoms with Gasteiger partial charge in [-0.1, -0.05) is 16.8 Å². The zero-order valence-electron chi connectivity index (χ0n) is 18.6. The minimum Gasteiger partial charge on any atom is -0.463 e. The molecule has 0 spiro atoms. The van der Waals surface area contributed by atoms with Crippen LogP contribution >= 0.6 is 0 Å². The van der Waals surface area contributed by atoms with Gasteiger partial charge in [0.25, 0.3) is 10.0 Å². The van der Waals surface area contributed by atoms with Crippen LogP contribution < -0.4 is 15.5 Å². The number of fused-ring (bicyclic) bond motifs is 1. The van der Waals surface area contributed by atoms with Crippen molar-refractivity contribution in [1.29, 1.82) is 0 Å². The second-order valence-electron chi connectivity index (χ2n) is 7.69. The molecule has 0 aliphatic heterocycles. The molecule has 10 heteroatoms. The van der Waals surface area contributed by atoms with Gasteiger partial charge in [-0.3, -0.25) is 9.59 Å². The van der Waals surface area contributed by atoms with Gasteiger partial charge in [-0.05, 0) is 63.2 Å². The first-order valence-electron chi connectivity index (χ1n) is 10.2. The number of sulfonamides is 1. The molecule has 2 heterocycles. The van der Waals surface area contributed by atoms with Gasteiger partial charge in [0.2, 0.25) is 11.8 Å². The van der Waals surface area contributed by atoms with E-state index in [0.717, 1.165) is 5.56 Å². The van der Waals surface area contributed by atoms with Gasteiger partial charge in [0.05, 0.1) is 21.5 Å². The van der Waals surface area contributed by atoms with Gasteiger partial charge in [0, 0.05) is 17.3 Å². The van der Waals surface area contributed by atoms with Crippen molar-refractivity contribution >= 4 is 44.5 Å². The maximum absolute atomic E-state index is 12.6. The highest BCUT2D eigenvalue weighted by molar-refractivity contribution is 7.92. The summed E-state index contributed by atoms with van der Waals surface area (Å²) in [6.07, 6.45) is 3.87. The fourth-order valence-electron chi connectivity index (χ4n) is 3.13. The molecule has 2 aromatic carbocycles. The average Bonchev–Trinajstić information content (AvgIpc) is 3.11. The number of nitrogens with one attached hydrogen (secondary N) is 2. The van der Waals surface area contributed by atoms with Crippen molar-refractivity contribution in [2.24, 2.45) is 0 Å². The normalized spacial score (nSPS) is 11.7. The molecule has 0 fully saturated rings. The summed E-state index contributed by atoms with van der Waals surface area (Å²) in [5, 5.41) is 6.77. The average molecular weight is 480 g/mol. The lowest BCUT2D eigenvalue weighted by atomic mass is 10.1. The minimum absolute atomic E-state index is 0.0152. The highest BCUT2D eigenvalue weighted by Gasteiger charge is 2.19. The molecular formula is C24H21N3O6S. The predicted molar refractivity (Wildman–Crippen MR) is 128 cm³/mol. The number of rotatable bonds is 6. The molecule has 0 unspecified atom stereocenters. The van der Waals surface area contributed by atoms with E-state index < -0.39 is 15.9 Å². The molecular weight excluding hydrogens is 458 g/mol. The number of nitrogens with zero attached hydrogens (tertiary/aromatic N) is 1. The Balaban J connectivity index is 1.45. The maximum atomic E-state index is 12.6. The molecule has 9 nitrogen and oxygen atoms in total. The number of aryl methyl sites for hydroxylation is 2. The number of carbonyl (C=O) groups is 1. The van der Waals surface area contributed by atoms with Crippen molar-refractivity contribution in [3.63, 3.8) is 0 Å². The van der Waals surface area contributed by atoms with Crippen LogP contribution in [0, 0.1) is 20.8 Å². The SMILES string of the molecule is Cc1ccc2occ(/C=C/C(=O)Nc3ccc(S(=O)(=O)Nc4onc(C)c4C)cc3)c(=O)c2c1. The number of hydrogen-bond donors (Lipinski definition) is 2. The van der Waals surface area contributed by atoms with Crippen LogP contribution in [0.2, 0.25) is 0 Å². The van der Waals surface area contributed by atoms with E-state index in [1.54, 1.807) is 26.0 Å². The molecule has 4 rings (SSSR count).